The molecule has 0 aliphatic heterocycles. The van der Waals surface area contributed by atoms with Gasteiger partial charge < -0.3 is 10.6 Å². The van der Waals surface area contributed by atoms with Gasteiger partial charge in [-0.1, -0.05) is 24.3 Å². The van der Waals surface area contributed by atoms with E-state index in [1.807, 2.05) is 0 Å². The SMILES string of the molecule is FC(F)(F)c1ccccc1Nc1ccnc(Nc2ccccc2C(F)(F)F)n1. The normalized spacial score (nSPS) is 11.9. The quantitative estimate of drug-likeness (QED) is 0.529. The minimum atomic E-state index is -4.59. The minimum Gasteiger partial charge on any atom is -0.340 e. The van der Waals surface area contributed by atoms with Gasteiger partial charge in [-0.3, -0.25) is 0 Å². The summed E-state index contributed by atoms with van der Waals surface area (Å²) in [6, 6.07) is 10.8. The minimum absolute atomic E-state index is 0.0151. The second-order valence-corrected chi connectivity index (χ2v) is 5.60. The van der Waals surface area contributed by atoms with Crippen molar-refractivity contribution in [2.75, 3.05) is 10.6 Å². The summed E-state index contributed by atoms with van der Waals surface area (Å²) < 4.78 is 78.5. The Labute approximate surface area is 155 Å². The van der Waals surface area contributed by atoms with Crippen LogP contribution in [0.1, 0.15) is 11.1 Å². The van der Waals surface area contributed by atoms with E-state index in [0.29, 0.717) is 0 Å². The number of nitrogens with one attached hydrogen (secondary N) is 2. The molecule has 0 unspecified atom stereocenters. The van der Waals surface area contributed by atoms with E-state index in [0.717, 1.165) is 12.1 Å². The topological polar surface area (TPSA) is 49.8 Å². The summed E-state index contributed by atoms with van der Waals surface area (Å²) >= 11 is 0. The van der Waals surface area contributed by atoms with Crippen molar-refractivity contribution in [2.24, 2.45) is 0 Å². The summed E-state index contributed by atoms with van der Waals surface area (Å²) in [5, 5.41) is 4.96. The number of benzene rings is 2. The van der Waals surface area contributed by atoms with Crippen LogP contribution in [-0.4, -0.2) is 9.97 Å². The van der Waals surface area contributed by atoms with Crippen LogP contribution in [0.3, 0.4) is 0 Å². The Hall–Kier alpha value is -3.30. The van der Waals surface area contributed by atoms with Gasteiger partial charge >= 0.3 is 12.4 Å². The van der Waals surface area contributed by atoms with E-state index in [9.17, 15) is 26.3 Å². The lowest BCUT2D eigenvalue weighted by atomic mass is 10.1. The second-order valence-electron chi connectivity index (χ2n) is 5.60. The van der Waals surface area contributed by atoms with Crippen LogP contribution in [-0.2, 0) is 12.4 Å². The summed E-state index contributed by atoms with van der Waals surface area (Å²) in [5.41, 5.74) is -2.33. The van der Waals surface area contributed by atoms with Gasteiger partial charge in [-0.2, -0.15) is 31.3 Å². The molecule has 10 heteroatoms. The molecular weight excluding hydrogens is 386 g/mol. The molecule has 2 N–H and O–H groups in total. The van der Waals surface area contributed by atoms with Crippen molar-refractivity contribution in [3.05, 3.63) is 71.9 Å². The van der Waals surface area contributed by atoms with Crippen molar-refractivity contribution in [2.45, 2.75) is 12.4 Å². The number of aromatic nitrogens is 2. The third-order valence-electron chi connectivity index (χ3n) is 3.63. The highest BCUT2D eigenvalue weighted by molar-refractivity contribution is 5.64. The van der Waals surface area contributed by atoms with Crippen LogP contribution in [0, 0.1) is 0 Å². The van der Waals surface area contributed by atoms with Gasteiger partial charge in [-0.15, -0.1) is 0 Å². The van der Waals surface area contributed by atoms with Crippen LogP contribution in [0.15, 0.2) is 60.8 Å². The van der Waals surface area contributed by atoms with Crippen LogP contribution in [0.4, 0.5) is 49.5 Å². The average Bonchev–Trinajstić information content (AvgIpc) is 2.61. The monoisotopic (exact) mass is 398 g/mol. The molecule has 0 aliphatic carbocycles. The molecule has 1 aromatic heterocycles. The molecule has 0 saturated carbocycles. The molecule has 0 aliphatic rings. The van der Waals surface area contributed by atoms with Crippen molar-refractivity contribution in [1.29, 1.82) is 0 Å². The Bertz CT molecular complexity index is 894. The first-order valence-corrected chi connectivity index (χ1v) is 7.84. The van der Waals surface area contributed by atoms with Crippen molar-refractivity contribution in [1.82, 2.24) is 9.97 Å². The van der Waals surface area contributed by atoms with E-state index in [2.05, 4.69) is 20.6 Å². The molecule has 0 atom stereocenters. The molecule has 0 spiro atoms. The van der Waals surface area contributed by atoms with Crippen LogP contribution in [0.25, 0.3) is 0 Å². The number of para-hydroxylation sites is 2. The van der Waals surface area contributed by atoms with E-state index in [1.165, 1.54) is 48.7 Å². The summed E-state index contributed by atoms with van der Waals surface area (Å²) in [7, 11) is 0. The largest absolute Gasteiger partial charge is 0.418 e. The third-order valence-corrected chi connectivity index (χ3v) is 3.63. The van der Waals surface area contributed by atoms with E-state index in [-0.39, 0.29) is 23.1 Å². The molecule has 1 heterocycles. The van der Waals surface area contributed by atoms with E-state index in [1.54, 1.807) is 0 Å². The standard InChI is InChI=1S/C18H12F6N4/c19-17(20,21)11-5-1-3-7-13(11)26-15-9-10-25-16(28-15)27-14-8-4-2-6-12(14)18(22,23)24/h1-10H,(H2,25,26,27,28). The molecule has 146 valence electrons. The van der Waals surface area contributed by atoms with Crippen LogP contribution in [0.2, 0.25) is 0 Å². The van der Waals surface area contributed by atoms with Crippen molar-refractivity contribution >= 4 is 23.1 Å². The summed E-state index contributed by atoms with van der Waals surface area (Å²) in [5.74, 6) is -0.218. The van der Waals surface area contributed by atoms with Crippen LogP contribution in [0.5, 0.6) is 0 Å². The fourth-order valence-electron chi connectivity index (χ4n) is 2.43. The predicted octanol–water partition coefficient (Wildman–Crippen LogP) is 6.00. The van der Waals surface area contributed by atoms with Gasteiger partial charge in [0, 0.05) is 6.20 Å². The van der Waals surface area contributed by atoms with Crippen molar-refractivity contribution in [3.63, 3.8) is 0 Å². The first-order chi connectivity index (χ1) is 13.1. The fourth-order valence-corrected chi connectivity index (χ4v) is 2.43. The number of anilines is 4. The molecular formula is C18H12F6N4. The smallest absolute Gasteiger partial charge is 0.340 e. The maximum absolute atomic E-state index is 13.1. The zero-order chi connectivity index (χ0) is 20.4. The van der Waals surface area contributed by atoms with E-state index in [4.69, 9.17) is 0 Å². The second kappa shape index (κ2) is 7.37. The summed E-state index contributed by atoms with van der Waals surface area (Å²) in [6.07, 6.45) is -7.96. The highest BCUT2D eigenvalue weighted by Gasteiger charge is 2.34. The van der Waals surface area contributed by atoms with Crippen molar-refractivity contribution < 1.29 is 26.3 Å². The Morgan fingerprint density at radius 3 is 1.68 bits per heavy atom. The lowest BCUT2D eigenvalue weighted by Gasteiger charge is -2.15. The first-order valence-electron chi connectivity index (χ1n) is 7.84. The summed E-state index contributed by atoms with van der Waals surface area (Å²) in [6.45, 7) is 0. The molecule has 0 fully saturated rings. The maximum Gasteiger partial charge on any atom is 0.418 e. The molecule has 2 aromatic carbocycles. The number of hydrogen-bond donors (Lipinski definition) is 2. The van der Waals surface area contributed by atoms with Crippen LogP contribution >= 0.6 is 0 Å². The molecule has 0 radical (unpaired) electrons. The van der Waals surface area contributed by atoms with Crippen molar-refractivity contribution in [3.8, 4) is 0 Å². The molecule has 0 saturated heterocycles. The Kier molecular flexibility index (Phi) is 5.12. The lowest BCUT2D eigenvalue weighted by molar-refractivity contribution is -0.137. The van der Waals surface area contributed by atoms with Gasteiger partial charge in [0.1, 0.15) is 5.82 Å². The number of alkyl halides is 6. The van der Waals surface area contributed by atoms with Gasteiger partial charge in [-0.05, 0) is 30.3 Å². The Morgan fingerprint density at radius 2 is 1.14 bits per heavy atom. The van der Waals surface area contributed by atoms with Gasteiger partial charge in [0.05, 0.1) is 22.5 Å². The number of rotatable bonds is 4. The average molecular weight is 398 g/mol. The molecule has 4 nitrogen and oxygen atoms in total. The van der Waals surface area contributed by atoms with Gasteiger partial charge in [0.15, 0.2) is 0 Å². The number of nitrogens with zero attached hydrogens (tertiary/aromatic N) is 2. The van der Waals surface area contributed by atoms with Crippen LogP contribution < -0.4 is 10.6 Å². The van der Waals surface area contributed by atoms with Gasteiger partial charge in [0.2, 0.25) is 5.95 Å². The molecule has 0 bridgehead atoms. The predicted molar refractivity (Wildman–Crippen MR) is 91.5 cm³/mol. The molecule has 3 aromatic rings. The highest BCUT2D eigenvalue weighted by atomic mass is 19.4. The number of halogens is 6. The molecule has 28 heavy (non-hydrogen) atoms. The Morgan fingerprint density at radius 1 is 0.643 bits per heavy atom. The first kappa shape index (κ1) is 19.5. The summed E-state index contributed by atoms with van der Waals surface area (Å²) in [4.78, 5) is 7.76. The zero-order valence-corrected chi connectivity index (χ0v) is 13.9. The Balaban J connectivity index is 1.88. The zero-order valence-electron chi connectivity index (χ0n) is 13.9. The third kappa shape index (κ3) is 4.51. The van der Waals surface area contributed by atoms with Gasteiger partial charge in [0.25, 0.3) is 0 Å². The maximum atomic E-state index is 13.1. The number of hydrogen-bond acceptors (Lipinski definition) is 4. The highest BCUT2D eigenvalue weighted by Crippen LogP contribution is 2.37. The van der Waals surface area contributed by atoms with E-state index >= 15 is 0 Å². The molecule has 3 rings (SSSR count). The van der Waals surface area contributed by atoms with E-state index < -0.39 is 23.5 Å². The lowest BCUT2D eigenvalue weighted by Crippen LogP contribution is -2.10. The van der Waals surface area contributed by atoms with Gasteiger partial charge in [-0.25, -0.2) is 4.98 Å². The molecule has 0 amide bonds. The fraction of sp³-hybridized carbons (Fsp3) is 0.111.